The molecule has 1 fully saturated rings. The molecule has 0 radical (unpaired) electrons. The monoisotopic (exact) mass is 1060 g/mol. The van der Waals surface area contributed by atoms with Crippen molar-refractivity contribution in [3.63, 3.8) is 0 Å². The van der Waals surface area contributed by atoms with Gasteiger partial charge < -0.3 is 0 Å². The average molecular weight is 1060 g/mol. The minimum absolute atomic E-state index is 0.691. The Morgan fingerprint density at radius 2 is 0.529 bits per heavy atom. The Balaban J connectivity index is 0.000000600. The van der Waals surface area contributed by atoms with Gasteiger partial charge in [0, 0.05) is 5.56 Å². The Morgan fingerprint density at radius 1 is 0.329 bits per heavy atom. The number of rotatable bonds is 6. The SMILES string of the molecule is Cc1ccc(C[S+]2CCCC2)cc1.FC(F)(F)c1cc([B-](c2cc(C(F)(F)F)cc(C(F)(F)F)c2)(c2cc(C(F)(F)F)cc(C(F)(F)F)c2)c2cc(C(F)(F)F)cc(C(F)(F)F)c2)cc(C(F)(F)F)c1. The van der Waals surface area contributed by atoms with Crippen molar-refractivity contribution in [1.29, 1.82) is 0 Å². The molecule has 5 aromatic carbocycles. The van der Waals surface area contributed by atoms with Gasteiger partial charge in [0.05, 0.1) is 44.5 Å². The van der Waals surface area contributed by atoms with Gasteiger partial charge in [-0.15, -0.1) is 0 Å². The summed E-state index contributed by atoms with van der Waals surface area (Å²) in [6.07, 6.45) is -51.9. The Bertz CT molecular complexity index is 2200. The normalized spacial score (nSPS) is 15.0. The van der Waals surface area contributed by atoms with Gasteiger partial charge in [-0.3, -0.25) is 0 Å². The fourth-order valence-corrected chi connectivity index (χ4v) is 10.2. The van der Waals surface area contributed by atoms with Crippen LogP contribution in [-0.4, -0.2) is 17.7 Å². The van der Waals surface area contributed by atoms with E-state index >= 15 is 0 Å². The first-order valence-corrected chi connectivity index (χ1v) is 21.4. The van der Waals surface area contributed by atoms with Gasteiger partial charge in [-0.05, 0) is 54.9 Å². The summed E-state index contributed by atoms with van der Waals surface area (Å²) in [5.41, 5.74) is -27.3. The smallest absolute Gasteiger partial charge is 0.194 e. The first kappa shape index (κ1) is 55.8. The van der Waals surface area contributed by atoms with E-state index in [4.69, 9.17) is 0 Å². The quantitative estimate of drug-likeness (QED) is 0.0903. The van der Waals surface area contributed by atoms with Crippen LogP contribution in [0.5, 0.6) is 0 Å². The highest BCUT2D eigenvalue weighted by atomic mass is 32.2. The number of halogens is 24. The predicted octanol–water partition coefficient (Wildman–Crippen LogP) is 14.1. The van der Waals surface area contributed by atoms with Gasteiger partial charge in [-0.25, -0.2) is 0 Å². The Kier molecular flexibility index (Phi) is 15.2. The van der Waals surface area contributed by atoms with Crippen molar-refractivity contribution in [1.82, 2.24) is 0 Å². The predicted molar refractivity (Wildman–Crippen MR) is 211 cm³/mol. The molecule has 0 aromatic heterocycles. The molecule has 1 aliphatic rings. The Labute approximate surface area is 382 Å². The maximum absolute atomic E-state index is 14.2. The third-order valence-corrected chi connectivity index (χ3v) is 13.5. The van der Waals surface area contributed by atoms with E-state index in [1.807, 2.05) is 0 Å². The van der Waals surface area contributed by atoms with Crippen LogP contribution in [0.4, 0.5) is 105 Å². The van der Waals surface area contributed by atoms with E-state index in [2.05, 4.69) is 31.2 Å². The van der Waals surface area contributed by atoms with E-state index in [9.17, 15) is 105 Å². The van der Waals surface area contributed by atoms with E-state index in [0.29, 0.717) is 10.9 Å². The molecule has 382 valence electrons. The summed E-state index contributed by atoms with van der Waals surface area (Å²) in [7, 11) is 0.715. The van der Waals surface area contributed by atoms with Crippen molar-refractivity contribution >= 4 is 38.9 Å². The molecule has 0 N–H and O–H groups in total. The van der Waals surface area contributed by atoms with Crippen LogP contribution < -0.4 is 21.9 Å². The number of hydrogen-bond donors (Lipinski definition) is 0. The molecular formula is C44H29BF24S. The van der Waals surface area contributed by atoms with Crippen LogP contribution in [0.25, 0.3) is 0 Å². The summed E-state index contributed by atoms with van der Waals surface area (Å²) >= 11 is 0. The summed E-state index contributed by atoms with van der Waals surface area (Å²) in [4.78, 5) is 0. The molecule has 1 saturated heterocycles. The van der Waals surface area contributed by atoms with E-state index in [-0.39, 0.29) is 0 Å². The number of hydrogen-bond acceptors (Lipinski definition) is 0. The fraction of sp³-hybridized carbons (Fsp3) is 0.318. The van der Waals surface area contributed by atoms with E-state index in [0.717, 1.165) is 0 Å². The van der Waals surface area contributed by atoms with E-state index in [1.165, 1.54) is 41.2 Å². The molecule has 0 aliphatic carbocycles. The Hall–Kier alpha value is -5.17. The van der Waals surface area contributed by atoms with E-state index < -0.39 is 195 Å². The lowest BCUT2D eigenvalue weighted by Gasteiger charge is -2.46. The fourth-order valence-electron chi connectivity index (χ4n) is 7.85. The van der Waals surface area contributed by atoms with Crippen LogP contribution >= 0.6 is 0 Å². The lowest BCUT2D eigenvalue weighted by molar-refractivity contribution is -0.144. The minimum Gasteiger partial charge on any atom is -0.194 e. The topological polar surface area (TPSA) is 0 Å². The highest BCUT2D eigenvalue weighted by molar-refractivity contribution is 7.96. The van der Waals surface area contributed by atoms with Crippen LogP contribution in [0.3, 0.4) is 0 Å². The molecule has 5 aromatic rings. The molecular weight excluding hydrogens is 1030 g/mol. The molecule has 0 unspecified atom stereocenters. The van der Waals surface area contributed by atoms with Crippen molar-refractivity contribution in [2.24, 2.45) is 0 Å². The first-order valence-electron chi connectivity index (χ1n) is 19.7. The maximum atomic E-state index is 14.2. The standard InChI is InChI=1S/C32H12BF24.C12H17S/c34-25(35,36)13-1-14(26(37,38)39)6-21(5-13)33(22-7-15(27(40,41)42)2-16(8-22)28(43,44)45,23-9-17(29(46,47)48)3-18(10-23)30(49,50)51)24-11-19(31(52,53)54)4-20(12-24)32(55,56)57;1-11-4-6-12(7-5-11)10-13-8-2-3-9-13/h1-12H;4-7H,2-3,8-10H2,1H3/q-1;+1. The second-order valence-corrected chi connectivity index (χ2v) is 18.4. The lowest BCUT2D eigenvalue weighted by atomic mass is 9.12. The van der Waals surface area contributed by atoms with Crippen LogP contribution in [0.15, 0.2) is 97.1 Å². The summed E-state index contributed by atoms with van der Waals surface area (Å²) in [5.74, 6) is 4.29. The van der Waals surface area contributed by atoms with E-state index in [1.54, 1.807) is 0 Å². The van der Waals surface area contributed by atoms with Gasteiger partial charge in [0.25, 0.3) is 0 Å². The summed E-state index contributed by atoms with van der Waals surface area (Å²) in [5, 5.41) is 0. The maximum Gasteiger partial charge on any atom is 0.416 e. The third-order valence-electron chi connectivity index (χ3n) is 11.0. The molecule has 0 amide bonds. The van der Waals surface area contributed by atoms with Gasteiger partial charge in [0.2, 0.25) is 0 Å². The molecule has 6 rings (SSSR count). The lowest BCUT2D eigenvalue weighted by Crippen LogP contribution is -2.75. The van der Waals surface area contributed by atoms with Gasteiger partial charge in [-0.1, -0.05) is 78.4 Å². The zero-order chi connectivity index (χ0) is 53.0. The van der Waals surface area contributed by atoms with Gasteiger partial charge in [-0.2, -0.15) is 127 Å². The molecule has 0 saturated carbocycles. The van der Waals surface area contributed by atoms with Crippen molar-refractivity contribution < 1.29 is 105 Å². The molecule has 26 heteroatoms. The molecule has 0 nitrogen and oxygen atoms in total. The molecule has 70 heavy (non-hydrogen) atoms. The minimum atomic E-state index is -6.13. The average Bonchev–Trinajstić information content (AvgIpc) is 3.72. The second kappa shape index (κ2) is 19.1. The number of aryl methyl sites for hydroxylation is 1. The van der Waals surface area contributed by atoms with Crippen LogP contribution in [0.2, 0.25) is 0 Å². The number of benzene rings is 5. The highest BCUT2D eigenvalue weighted by Crippen LogP contribution is 2.41. The Morgan fingerprint density at radius 3 is 0.714 bits per heavy atom. The first-order chi connectivity index (χ1) is 31.6. The van der Waals surface area contributed by atoms with Crippen molar-refractivity contribution in [3.8, 4) is 0 Å². The molecule has 1 heterocycles. The van der Waals surface area contributed by atoms with Crippen LogP contribution in [0, 0.1) is 6.92 Å². The number of alkyl halides is 24. The molecule has 0 bridgehead atoms. The second-order valence-electron chi connectivity index (χ2n) is 16.1. The third kappa shape index (κ3) is 13.0. The van der Waals surface area contributed by atoms with Crippen molar-refractivity contribution in [2.45, 2.75) is 74.9 Å². The van der Waals surface area contributed by atoms with Crippen molar-refractivity contribution in [2.75, 3.05) is 11.5 Å². The highest BCUT2D eigenvalue weighted by Gasteiger charge is 2.47. The summed E-state index contributed by atoms with van der Waals surface area (Å²) in [6, 6.07) is 0.236. The van der Waals surface area contributed by atoms with Gasteiger partial charge in [0.15, 0.2) is 0 Å². The molecule has 0 atom stereocenters. The summed E-state index contributed by atoms with van der Waals surface area (Å²) in [6.45, 7) is 2.15. The van der Waals surface area contributed by atoms with Gasteiger partial charge in [0.1, 0.15) is 23.4 Å². The zero-order valence-electron chi connectivity index (χ0n) is 34.8. The molecule has 0 spiro atoms. The van der Waals surface area contributed by atoms with Crippen LogP contribution in [-0.2, 0) is 66.1 Å². The van der Waals surface area contributed by atoms with Gasteiger partial charge >= 0.3 is 49.4 Å². The van der Waals surface area contributed by atoms with Crippen LogP contribution in [0.1, 0.15) is 68.5 Å². The zero-order valence-corrected chi connectivity index (χ0v) is 35.6. The largest absolute Gasteiger partial charge is 0.416 e. The molecule has 1 aliphatic heterocycles. The summed E-state index contributed by atoms with van der Waals surface area (Å²) < 4.78 is 341. The van der Waals surface area contributed by atoms with Crippen molar-refractivity contribution in [3.05, 3.63) is 153 Å².